The molecular formula is C59H35ClN4S. The summed E-state index contributed by atoms with van der Waals surface area (Å²) in [4.78, 5) is 17.6. The van der Waals surface area contributed by atoms with E-state index >= 15 is 0 Å². The maximum atomic E-state index is 6.48. The largest absolute Gasteiger partial charge is 0.354 e. The zero-order valence-electron chi connectivity index (χ0n) is 34.8. The van der Waals surface area contributed by atoms with Gasteiger partial charge in [-0.3, -0.25) is 0 Å². The molecule has 0 saturated carbocycles. The minimum absolute atomic E-state index is 0.163. The van der Waals surface area contributed by atoms with E-state index in [4.69, 9.17) is 16.6 Å². The molecule has 304 valence electrons. The summed E-state index contributed by atoms with van der Waals surface area (Å²) in [6, 6.07) is 73.7. The van der Waals surface area contributed by atoms with Gasteiger partial charge in [-0.25, -0.2) is 4.98 Å². The SMILES string of the molecule is Clc1nc(-c2ccc(-c3ccccc3)cc2)nc(-c2ccc(-c3ccc(-c4cc5ccccc5c5c4sc4cc(-c6cccc7c6[nH]c6ccc8ccccc8c67)ccc45)cc3)cc2)n1. The van der Waals surface area contributed by atoms with Gasteiger partial charge in [0.05, 0.1) is 5.52 Å². The van der Waals surface area contributed by atoms with Crippen LogP contribution >= 0.6 is 22.9 Å². The molecule has 0 atom stereocenters. The number of nitrogens with one attached hydrogen (secondary N) is 1. The van der Waals surface area contributed by atoms with E-state index in [2.05, 4.69) is 191 Å². The first kappa shape index (κ1) is 37.6. The highest BCUT2D eigenvalue weighted by molar-refractivity contribution is 7.26. The summed E-state index contributed by atoms with van der Waals surface area (Å²) in [7, 11) is 0. The molecule has 0 aliphatic rings. The van der Waals surface area contributed by atoms with Crippen LogP contribution < -0.4 is 0 Å². The number of aromatic nitrogens is 4. The number of nitrogens with zero attached hydrogens (tertiary/aromatic N) is 3. The van der Waals surface area contributed by atoms with E-state index in [1.165, 1.54) is 80.3 Å². The molecule has 1 N–H and O–H groups in total. The summed E-state index contributed by atoms with van der Waals surface area (Å²) in [6.45, 7) is 0. The van der Waals surface area contributed by atoms with Crippen molar-refractivity contribution in [1.29, 1.82) is 0 Å². The molecule has 13 rings (SSSR count). The number of hydrogen-bond donors (Lipinski definition) is 1. The van der Waals surface area contributed by atoms with Crippen LogP contribution in [0.2, 0.25) is 5.28 Å². The highest BCUT2D eigenvalue weighted by Gasteiger charge is 2.18. The summed E-state index contributed by atoms with van der Waals surface area (Å²) in [6.07, 6.45) is 0. The van der Waals surface area contributed by atoms with Gasteiger partial charge in [-0.1, -0.05) is 188 Å². The van der Waals surface area contributed by atoms with Crippen LogP contribution in [-0.2, 0) is 0 Å². The average molecular weight is 867 g/mol. The van der Waals surface area contributed by atoms with E-state index in [0.717, 1.165) is 38.9 Å². The smallest absolute Gasteiger partial charge is 0.226 e. The van der Waals surface area contributed by atoms with Crippen molar-refractivity contribution < 1.29 is 0 Å². The summed E-state index contributed by atoms with van der Waals surface area (Å²) in [5.74, 6) is 1.08. The molecule has 0 saturated heterocycles. The predicted octanol–water partition coefficient (Wildman–Crippen LogP) is 16.8. The Balaban J connectivity index is 0.834. The van der Waals surface area contributed by atoms with Gasteiger partial charge in [-0.15, -0.1) is 11.3 Å². The van der Waals surface area contributed by atoms with E-state index in [1.54, 1.807) is 0 Å². The number of hydrogen-bond acceptors (Lipinski definition) is 4. The average Bonchev–Trinajstić information content (AvgIpc) is 3.96. The lowest BCUT2D eigenvalue weighted by molar-refractivity contribution is 1.07. The zero-order valence-corrected chi connectivity index (χ0v) is 36.3. The Labute approximate surface area is 383 Å². The van der Waals surface area contributed by atoms with Gasteiger partial charge in [0.2, 0.25) is 5.28 Å². The molecule has 0 amide bonds. The maximum Gasteiger partial charge on any atom is 0.226 e. The lowest BCUT2D eigenvalue weighted by Gasteiger charge is -2.10. The Bertz CT molecular complexity index is 3990. The zero-order chi connectivity index (χ0) is 43.0. The Kier molecular flexibility index (Phi) is 8.73. The van der Waals surface area contributed by atoms with Gasteiger partial charge in [0.25, 0.3) is 0 Å². The van der Waals surface area contributed by atoms with Crippen molar-refractivity contribution in [2.45, 2.75) is 0 Å². The molecule has 0 aliphatic heterocycles. The van der Waals surface area contributed by atoms with Gasteiger partial charge in [-0.05, 0) is 84.7 Å². The number of para-hydroxylation sites is 1. The number of thiophene rings is 1. The van der Waals surface area contributed by atoms with Gasteiger partial charge < -0.3 is 4.98 Å². The topological polar surface area (TPSA) is 54.5 Å². The summed E-state index contributed by atoms with van der Waals surface area (Å²) >= 11 is 8.36. The summed E-state index contributed by atoms with van der Waals surface area (Å²) < 4.78 is 2.57. The highest BCUT2D eigenvalue weighted by atomic mass is 35.5. The lowest BCUT2D eigenvalue weighted by atomic mass is 9.94. The van der Waals surface area contributed by atoms with E-state index in [1.807, 2.05) is 41.7 Å². The fourth-order valence-corrected chi connectivity index (χ4v) is 11.1. The Morgan fingerprint density at radius 3 is 1.62 bits per heavy atom. The fraction of sp³-hybridized carbons (Fsp3) is 0. The van der Waals surface area contributed by atoms with Gasteiger partial charge >= 0.3 is 0 Å². The van der Waals surface area contributed by atoms with Crippen molar-refractivity contribution in [2.75, 3.05) is 0 Å². The normalized spacial score (nSPS) is 11.8. The predicted molar refractivity (Wildman–Crippen MR) is 275 cm³/mol. The first-order valence-electron chi connectivity index (χ1n) is 21.7. The number of H-pyrrole nitrogens is 1. The van der Waals surface area contributed by atoms with E-state index in [0.29, 0.717) is 11.6 Å². The third kappa shape index (κ3) is 6.39. The third-order valence-electron chi connectivity index (χ3n) is 12.8. The third-order valence-corrected chi connectivity index (χ3v) is 14.2. The van der Waals surface area contributed by atoms with Crippen LogP contribution in [0.5, 0.6) is 0 Å². The van der Waals surface area contributed by atoms with Crippen LogP contribution in [0.4, 0.5) is 0 Å². The molecule has 0 spiro atoms. The number of rotatable bonds is 6. The molecule has 3 heterocycles. The molecule has 13 aromatic rings. The van der Waals surface area contributed by atoms with Crippen LogP contribution in [0.25, 0.3) is 131 Å². The minimum atomic E-state index is 0.163. The van der Waals surface area contributed by atoms with Crippen molar-refractivity contribution in [3.8, 4) is 67.3 Å². The highest BCUT2D eigenvalue weighted by Crippen LogP contribution is 2.46. The standard InChI is InChI=1S/C59H35ClN4S/c60-59-63-57(41-25-19-36(20-26-41)35-9-2-1-3-10-35)62-58(64-59)42-27-21-38(22-28-42)37-17-23-40(24-18-37)50-33-43-12-5-7-14-46(43)54-48-31-29-44(34-52(48)65-56(50)54)47-15-8-16-49-53-45-13-6-4-11-39(45)30-32-51(53)61-55(47)49/h1-34,61H. The van der Waals surface area contributed by atoms with Crippen LogP contribution in [0, 0.1) is 0 Å². The van der Waals surface area contributed by atoms with E-state index in [9.17, 15) is 0 Å². The Hall–Kier alpha value is -7.96. The second-order valence-electron chi connectivity index (χ2n) is 16.6. The van der Waals surface area contributed by atoms with Crippen molar-refractivity contribution >= 4 is 86.5 Å². The summed E-state index contributed by atoms with van der Waals surface area (Å²) in [5, 5.41) is 10.3. The molecule has 0 fully saturated rings. The van der Waals surface area contributed by atoms with Gasteiger partial charge in [0.1, 0.15) is 0 Å². The van der Waals surface area contributed by atoms with Gasteiger partial charge in [0, 0.05) is 58.7 Å². The second kappa shape index (κ2) is 15.1. The van der Waals surface area contributed by atoms with Crippen molar-refractivity contribution in [2.24, 2.45) is 0 Å². The fourth-order valence-electron chi connectivity index (χ4n) is 9.65. The van der Waals surface area contributed by atoms with Crippen molar-refractivity contribution in [1.82, 2.24) is 19.9 Å². The molecule has 0 bridgehead atoms. The van der Waals surface area contributed by atoms with Crippen LogP contribution in [0.3, 0.4) is 0 Å². The van der Waals surface area contributed by atoms with Crippen LogP contribution in [0.15, 0.2) is 206 Å². The van der Waals surface area contributed by atoms with E-state index in [-0.39, 0.29) is 5.28 Å². The second-order valence-corrected chi connectivity index (χ2v) is 18.0. The first-order valence-corrected chi connectivity index (χ1v) is 22.9. The molecular weight excluding hydrogens is 832 g/mol. The molecule has 4 nitrogen and oxygen atoms in total. The summed E-state index contributed by atoms with van der Waals surface area (Å²) in [5.41, 5.74) is 13.4. The molecule has 0 radical (unpaired) electrons. The molecule has 65 heavy (non-hydrogen) atoms. The molecule has 0 aliphatic carbocycles. The number of fused-ring (bicyclic) bond motifs is 10. The molecule has 0 unspecified atom stereocenters. The van der Waals surface area contributed by atoms with Gasteiger partial charge in [0.15, 0.2) is 11.6 Å². The number of benzene rings is 10. The first-order chi connectivity index (χ1) is 32.1. The monoisotopic (exact) mass is 866 g/mol. The minimum Gasteiger partial charge on any atom is -0.354 e. The quantitative estimate of drug-likeness (QED) is 0.181. The van der Waals surface area contributed by atoms with Crippen LogP contribution in [-0.4, -0.2) is 19.9 Å². The molecule has 3 aromatic heterocycles. The van der Waals surface area contributed by atoms with Crippen molar-refractivity contribution in [3.63, 3.8) is 0 Å². The molecule has 6 heteroatoms. The number of aromatic amines is 1. The maximum absolute atomic E-state index is 6.48. The molecule has 10 aromatic carbocycles. The van der Waals surface area contributed by atoms with Crippen molar-refractivity contribution in [3.05, 3.63) is 212 Å². The van der Waals surface area contributed by atoms with Crippen LogP contribution in [0.1, 0.15) is 0 Å². The lowest BCUT2D eigenvalue weighted by Crippen LogP contribution is -1.97. The number of halogens is 1. The van der Waals surface area contributed by atoms with Gasteiger partial charge in [-0.2, -0.15) is 9.97 Å². The van der Waals surface area contributed by atoms with E-state index < -0.39 is 0 Å². The Morgan fingerprint density at radius 1 is 0.369 bits per heavy atom. The Morgan fingerprint density at radius 2 is 0.923 bits per heavy atom.